The molecule has 0 aliphatic carbocycles. The van der Waals surface area contributed by atoms with Gasteiger partial charge in [0.25, 0.3) is 0 Å². The molecule has 5 aromatic rings. The Morgan fingerprint density at radius 2 is 1.10 bits per heavy atom. The SMILES string of the molecule is Cc1ccnc2c1ncn2C(c1ccccc1)(c1ccccc1)c1ccccc1. The Morgan fingerprint density at radius 3 is 1.59 bits per heavy atom. The van der Waals surface area contributed by atoms with Crippen molar-refractivity contribution < 1.29 is 0 Å². The average molecular weight is 375 g/mol. The second kappa shape index (κ2) is 7.02. The highest BCUT2D eigenvalue weighted by Crippen LogP contribution is 2.42. The maximum atomic E-state index is 4.76. The van der Waals surface area contributed by atoms with Gasteiger partial charge in [-0.05, 0) is 35.2 Å². The zero-order valence-corrected chi connectivity index (χ0v) is 16.2. The molecule has 0 radical (unpaired) electrons. The zero-order chi connectivity index (χ0) is 19.7. The lowest BCUT2D eigenvalue weighted by molar-refractivity contribution is 0.526. The number of aryl methyl sites for hydroxylation is 1. The molecule has 0 spiro atoms. The van der Waals surface area contributed by atoms with Crippen LogP contribution in [-0.4, -0.2) is 14.5 Å². The van der Waals surface area contributed by atoms with E-state index in [9.17, 15) is 0 Å². The predicted octanol–water partition coefficient (Wildman–Crippen LogP) is 5.58. The molecular formula is C26H21N3. The molecule has 0 bridgehead atoms. The Bertz CT molecular complexity index is 1150. The van der Waals surface area contributed by atoms with Gasteiger partial charge >= 0.3 is 0 Å². The molecule has 0 amide bonds. The molecule has 140 valence electrons. The molecule has 0 N–H and O–H groups in total. The summed E-state index contributed by atoms with van der Waals surface area (Å²) < 4.78 is 2.22. The smallest absolute Gasteiger partial charge is 0.161 e. The Kier molecular flexibility index (Phi) is 4.21. The summed E-state index contributed by atoms with van der Waals surface area (Å²) in [5.74, 6) is 0. The quantitative estimate of drug-likeness (QED) is 0.384. The highest BCUT2D eigenvalue weighted by Gasteiger charge is 2.39. The van der Waals surface area contributed by atoms with E-state index in [1.165, 1.54) is 16.7 Å². The molecular weight excluding hydrogens is 354 g/mol. The molecule has 3 nitrogen and oxygen atoms in total. The molecule has 0 saturated carbocycles. The predicted molar refractivity (Wildman–Crippen MR) is 117 cm³/mol. The first-order chi connectivity index (χ1) is 14.3. The van der Waals surface area contributed by atoms with Crippen LogP contribution in [0.3, 0.4) is 0 Å². The van der Waals surface area contributed by atoms with E-state index < -0.39 is 5.54 Å². The summed E-state index contributed by atoms with van der Waals surface area (Å²) in [5.41, 5.74) is 5.84. The summed E-state index contributed by atoms with van der Waals surface area (Å²) in [6.45, 7) is 2.08. The first kappa shape index (κ1) is 17.4. The molecule has 0 aliphatic heterocycles. The number of fused-ring (bicyclic) bond motifs is 1. The lowest BCUT2D eigenvalue weighted by Crippen LogP contribution is -2.37. The summed E-state index contributed by atoms with van der Waals surface area (Å²) in [6, 6.07) is 33.8. The third-order valence-corrected chi connectivity index (χ3v) is 5.57. The second-order valence-corrected chi connectivity index (χ2v) is 7.22. The molecule has 0 saturated heterocycles. The van der Waals surface area contributed by atoms with Gasteiger partial charge in [-0.3, -0.25) is 4.57 Å². The van der Waals surface area contributed by atoms with Crippen molar-refractivity contribution in [1.29, 1.82) is 0 Å². The van der Waals surface area contributed by atoms with Crippen molar-refractivity contribution in [3.8, 4) is 0 Å². The van der Waals surface area contributed by atoms with E-state index in [1.54, 1.807) is 0 Å². The van der Waals surface area contributed by atoms with Gasteiger partial charge in [0, 0.05) is 6.20 Å². The molecule has 0 aliphatic rings. The Labute approximate surface area is 170 Å². The third-order valence-electron chi connectivity index (χ3n) is 5.57. The number of imidazole rings is 1. The molecule has 2 heterocycles. The monoisotopic (exact) mass is 375 g/mol. The van der Waals surface area contributed by atoms with Gasteiger partial charge in [-0.1, -0.05) is 91.0 Å². The Hall–Kier alpha value is -3.72. The van der Waals surface area contributed by atoms with Gasteiger partial charge in [0.15, 0.2) is 5.65 Å². The van der Waals surface area contributed by atoms with Crippen molar-refractivity contribution in [3.05, 3.63) is 132 Å². The first-order valence-electron chi connectivity index (χ1n) is 9.77. The number of hydrogen-bond donors (Lipinski definition) is 0. The van der Waals surface area contributed by atoms with E-state index >= 15 is 0 Å². The van der Waals surface area contributed by atoms with Crippen LogP contribution in [0, 0.1) is 6.92 Å². The minimum Gasteiger partial charge on any atom is -0.296 e. The Balaban J connectivity index is 1.97. The molecule has 3 aromatic carbocycles. The lowest BCUT2D eigenvalue weighted by atomic mass is 9.76. The minimum absolute atomic E-state index is 0.584. The van der Waals surface area contributed by atoms with E-state index in [4.69, 9.17) is 9.97 Å². The lowest BCUT2D eigenvalue weighted by Gasteiger charge is -2.37. The summed E-state index contributed by atoms with van der Waals surface area (Å²) in [6.07, 6.45) is 3.79. The van der Waals surface area contributed by atoms with Crippen molar-refractivity contribution in [2.45, 2.75) is 12.5 Å². The molecule has 29 heavy (non-hydrogen) atoms. The van der Waals surface area contributed by atoms with Gasteiger partial charge in [0.1, 0.15) is 11.1 Å². The van der Waals surface area contributed by atoms with Crippen LogP contribution in [0.15, 0.2) is 110 Å². The second-order valence-electron chi connectivity index (χ2n) is 7.22. The van der Waals surface area contributed by atoms with Crippen LogP contribution >= 0.6 is 0 Å². The average Bonchev–Trinajstić information content (AvgIpc) is 3.23. The molecule has 0 fully saturated rings. The van der Waals surface area contributed by atoms with E-state index in [0.717, 1.165) is 16.7 Å². The van der Waals surface area contributed by atoms with E-state index in [-0.39, 0.29) is 0 Å². The fourth-order valence-electron chi connectivity index (χ4n) is 4.24. The van der Waals surface area contributed by atoms with Gasteiger partial charge in [-0.25, -0.2) is 9.97 Å². The fraction of sp³-hybridized carbons (Fsp3) is 0.0769. The van der Waals surface area contributed by atoms with Crippen LogP contribution in [-0.2, 0) is 5.54 Å². The van der Waals surface area contributed by atoms with Gasteiger partial charge in [0.05, 0.1) is 6.33 Å². The molecule has 2 aromatic heterocycles. The summed E-state index contributed by atoms with van der Waals surface area (Å²) in [7, 11) is 0. The van der Waals surface area contributed by atoms with Crippen LogP contribution < -0.4 is 0 Å². The van der Waals surface area contributed by atoms with Gasteiger partial charge in [-0.15, -0.1) is 0 Å². The van der Waals surface area contributed by atoms with Crippen LogP contribution in [0.25, 0.3) is 11.2 Å². The van der Waals surface area contributed by atoms with E-state index in [2.05, 4.69) is 102 Å². The summed E-state index contributed by atoms with van der Waals surface area (Å²) in [4.78, 5) is 9.51. The highest BCUT2D eigenvalue weighted by atomic mass is 15.2. The van der Waals surface area contributed by atoms with E-state index in [0.29, 0.717) is 0 Å². The fourth-order valence-corrected chi connectivity index (χ4v) is 4.24. The van der Waals surface area contributed by atoms with Gasteiger partial charge < -0.3 is 0 Å². The topological polar surface area (TPSA) is 30.7 Å². The maximum Gasteiger partial charge on any atom is 0.161 e. The Morgan fingerprint density at radius 1 is 0.621 bits per heavy atom. The van der Waals surface area contributed by atoms with Crippen molar-refractivity contribution in [2.24, 2.45) is 0 Å². The number of benzene rings is 3. The largest absolute Gasteiger partial charge is 0.296 e. The van der Waals surface area contributed by atoms with Crippen molar-refractivity contribution in [2.75, 3.05) is 0 Å². The third kappa shape index (κ3) is 2.66. The number of aromatic nitrogens is 3. The van der Waals surface area contributed by atoms with Crippen molar-refractivity contribution in [1.82, 2.24) is 14.5 Å². The molecule has 0 atom stereocenters. The first-order valence-corrected chi connectivity index (χ1v) is 9.77. The molecule has 0 unspecified atom stereocenters. The summed E-state index contributed by atoms with van der Waals surface area (Å²) in [5, 5.41) is 0. The van der Waals surface area contributed by atoms with Crippen molar-refractivity contribution in [3.63, 3.8) is 0 Å². The van der Waals surface area contributed by atoms with Crippen LogP contribution in [0.5, 0.6) is 0 Å². The van der Waals surface area contributed by atoms with E-state index in [1.807, 2.05) is 18.6 Å². The maximum absolute atomic E-state index is 4.76. The number of rotatable bonds is 4. The van der Waals surface area contributed by atoms with Crippen LogP contribution in [0.1, 0.15) is 22.3 Å². The zero-order valence-electron chi connectivity index (χ0n) is 16.2. The number of pyridine rings is 1. The van der Waals surface area contributed by atoms with Gasteiger partial charge in [-0.2, -0.15) is 0 Å². The summed E-state index contributed by atoms with van der Waals surface area (Å²) >= 11 is 0. The highest BCUT2D eigenvalue weighted by molar-refractivity contribution is 5.76. The molecule has 3 heteroatoms. The normalized spacial score (nSPS) is 11.6. The standard InChI is InChI=1S/C26H21N3/c1-20-17-18-27-25-24(20)28-19-29(25)26(21-11-5-2-6-12-21,22-13-7-3-8-14-22)23-15-9-4-10-16-23/h2-19H,1H3. The van der Waals surface area contributed by atoms with Crippen LogP contribution in [0.4, 0.5) is 0 Å². The van der Waals surface area contributed by atoms with Crippen molar-refractivity contribution >= 4 is 11.2 Å². The van der Waals surface area contributed by atoms with Gasteiger partial charge in [0.2, 0.25) is 0 Å². The molecule has 5 rings (SSSR count). The number of nitrogens with zero attached hydrogens (tertiary/aromatic N) is 3. The minimum atomic E-state index is -0.584. The van der Waals surface area contributed by atoms with Crippen LogP contribution in [0.2, 0.25) is 0 Å². The number of hydrogen-bond acceptors (Lipinski definition) is 2.